The highest BCUT2D eigenvalue weighted by Crippen LogP contribution is 2.65. The quantitative estimate of drug-likeness (QED) is 0.602. The predicted molar refractivity (Wildman–Crippen MR) is 37.1 cm³/mol. The minimum Gasteiger partial charge on any atom is -0.378 e. The molecule has 0 heterocycles. The Labute approximate surface area is 62.0 Å². The molecule has 0 spiro atoms. The monoisotopic (exact) mass is 162 g/mol. The summed E-state index contributed by atoms with van der Waals surface area (Å²) < 4.78 is 24.4. The summed E-state index contributed by atoms with van der Waals surface area (Å²) in [5.41, 5.74) is -0.00160. The van der Waals surface area contributed by atoms with Gasteiger partial charge in [-0.1, -0.05) is 0 Å². The number of ether oxygens (including phenoxy) is 1. The minimum absolute atomic E-state index is 0.00160. The molecule has 0 saturated heterocycles. The maximum atomic E-state index is 10.7. The summed E-state index contributed by atoms with van der Waals surface area (Å²) in [6, 6.07) is 0. The van der Waals surface area contributed by atoms with Gasteiger partial charge in [-0.25, -0.2) is 4.21 Å². The molecule has 0 aromatic carbocycles. The van der Waals surface area contributed by atoms with Crippen molar-refractivity contribution in [3.05, 3.63) is 0 Å². The van der Waals surface area contributed by atoms with Crippen molar-refractivity contribution in [2.45, 2.75) is 29.6 Å². The summed E-state index contributed by atoms with van der Waals surface area (Å²) in [5, 5.41) is 0. The molecule has 3 saturated carbocycles. The zero-order valence-corrected chi connectivity index (χ0v) is 6.61. The molecule has 0 aromatic rings. The Morgan fingerprint density at radius 3 is 2.30 bits per heavy atom. The van der Waals surface area contributed by atoms with Crippen LogP contribution in [-0.4, -0.2) is 26.2 Å². The molecule has 1 N–H and O–H groups in total. The zero-order valence-electron chi connectivity index (χ0n) is 5.79. The van der Waals surface area contributed by atoms with Crippen LogP contribution in [0, 0.1) is 0 Å². The van der Waals surface area contributed by atoms with E-state index < -0.39 is 11.1 Å². The summed E-state index contributed by atoms with van der Waals surface area (Å²) in [7, 11) is 1.67. The van der Waals surface area contributed by atoms with Crippen molar-refractivity contribution in [3.8, 4) is 0 Å². The van der Waals surface area contributed by atoms with Crippen molar-refractivity contribution < 1.29 is 13.5 Å². The Hall–Kier alpha value is 0.0700. The van der Waals surface area contributed by atoms with Gasteiger partial charge in [-0.2, -0.15) is 0 Å². The van der Waals surface area contributed by atoms with E-state index in [1.54, 1.807) is 7.11 Å². The van der Waals surface area contributed by atoms with Gasteiger partial charge < -0.3 is 9.29 Å². The van der Waals surface area contributed by atoms with E-state index in [-0.39, 0.29) is 10.3 Å². The summed E-state index contributed by atoms with van der Waals surface area (Å²) in [5.74, 6) is 0. The molecule has 10 heavy (non-hydrogen) atoms. The first-order valence-corrected chi connectivity index (χ1v) is 4.39. The minimum atomic E-state index is -1.63. The third kappa shape index (κ3) is 0.550. The second-order valence-electron chi connectivity index (χ2n) is 3.35. The third-order valence-electron chi connectivity index (χ3n) is 2.74. The Morgan fingerprint density at radius 1 is 1.50 bits per heavy atom. The van der Waals surface area contributed by atoms with Crippen LogP contribution < -0.4 is 0 Å². The van der Waals surface area contributed by atoms with Crippen LogP contribution in [0.15, 0.2) is 0 Å². The first kappa shape index (κ1) is 6.76. The van der Waals surface area contributed by atoms with E-state index in [2.05, 4.69) is 0 Å². The lowest BCUT2D eigenvalue weighted by atomic mass is 9.51. The van der Waals surface area contributed by atoms with Gasteiger partial charge >= 0.3 is 0 Å². The average molecular weight is 162 g/mol. The third-order valence-corrected chi connectivity index (χ3v) is 3.91. The normalized spacial score (nSPS) is 53.0. The van der Waals surface area contributed by atoms with E-state index in [4.69, 9.17) is 9.29 Å². The van der Waals surface area contributed by atoms with Crippen LogP contribution in [0.3, 0.4) is 0 Å². The van der Waals surface area contributed by atoms with E-state index in [0.29, 0.717) is 0 Å². The molecule has 0 aliphatic heterocycles. The lowest BCUT2D eigenvalue weighted by molar-refractivity contribution is -0.193. The number of rotatable bonds is 2. The molecular weight excluding hydrogens is 152 g/mol. The molecule has 58 valence electrons. The fraction of sp³-hybridized carbons (Fsp3) is 1.00. The van der Waals surface area contributed by atoms with Crippen molar-refractivity contribution in [2.75, 3.05) is 7.11 Å². The summed E-state index contributed by atoms with van der Waals surface area (Å²) >= 11 is -1.63. The smallest absolute Gasteiger partial charge is 0.159 e. The highest BCUT2D eigenvalue weighted by molar-refractivity contribution is 7.81. The van der Waals surface area contributed by atoms with Crippen LogP contribution in [0.4, 0.5) is 0 Å². The van der Waals surface area contributed by atoms with Crippen LogP contribution in [0.2, 0.25) is 0 Å². The van der Waals surface area contributed by atoms with Crippen molar-refractivity contribution in [2.24, 2.45) is 0 Å². The fourth-order valence-electron chi connectivity index (χ4n) is 2.01. The Morgan fingerprint density at radius 2 is 2.00 bits per heavy atom. The molecule has 0 amide bonds. The highest BCUT2D eigenvalue weighted by Gasteiger charge is 2.72. The number of hydrogen-bond acceptors (Lipinski definition) is 2. The van der Waals surface area contributed by atoms with E-state index >= 15 is 0 Å². The van der Waals surface area contributed by atoms with Gasteiger partial charge in [-0.3, -0.25) is 0 Å². The summed E-state index contributed by atoms with van der Waals surface area (Å²) in [6.45, 7) is 0. The van der Waals surface area contributed by atoms with E-state index in [1.165, 1.54) is 0 Å². The lowest BCUT2D eigenvalue weighted by Gasteiger charge is -2.66. The largest absolute Gasteiger partial charge is 0.378 e. The highest BCUT2D eigenvalue weighted by atomic mass is 32.2. The summed E-state index contributed by atoms with van der Waals surface area (Å²) in [4.78, 5) is 0. The summed E-state index contributed by atoms with van der Waals surface area (Å²) in [6.07, 6.45) is 2.33. The lowest BCUT2D eigenvalue weighted by Crippen LogP contribution is -2.74. The second kappa shape index (κ2) is 1.62. The Balaban J connectivity index is 2.04. The van der Waals surface area contributed by atoms with Gasteiger partial charge in [0.05, 0.1) is 10.3 Å². The molecule has 2 bridgehead atoms. The van der Waals surface area contributed by atoms with Gasteiger partial charge in [0, 0.05) is 7.11 Å². The van der Waals surface area contributed by atoms with Crippen LogP contribution in [0.1, 0.15) is 19.3 Å². The SMILES string of the molecule is COC12CC(S(=O)O)(C1)C2. The van der Waals surface area contributed by atoms with Crippen molar-refractivity contribution in [1.29, 1.82) is 0 Å². The Bertz CT molecular complexity index is 181. The van der Waals surface area contributed by atoms with Gasteiger partial charge in [0.25, 0.3) is 0 Å². The first-order valence-electron chi connectivity index (χ1n) is 3.29. The topological polar surface area (TPSA) is 46.5 Å². The number of methoxy groups -OCH3 is 1. The van der Waals surface area contributed by atoms with Crippen molar-refractivity contribution in [3.63, 3.8) is 0 Å². The standard InChI is InChI=1S/C6H10O3S/c1-9-5-2-6(3-5,4-5)10(7)8/h2-4H2,1H3,(H,7,8). The van der Waals surface area contributed by atoms with E-state index in [0.717, 1.165) is 19.3 Å². The van der Waals surface area contributed by atoms with E-state index in [1.807, 2.05) is 0 Å². The molecule has 0 aromatic heterocycles. The molecule has 4 heteroatoms. The van der Waals surface area contributed by atoms with Crippen molar-refractivity contribution in [1.82, 2.24) is 0 Å². The van der Waals surface area contributed by atoms with Crippen molar-refractivity contribution >= 4 is 11.1 Å². The van der Waals surface area contributed by atoms with Crippen LogP contribution in [-0.2, 0) is 15.8 Å². The van der Waals surface area contributed by atoms with Crippen LogP contribution >= 0.6 is 0 Å². The van der Waals surface area contributed by atoms with Gasteiger partial charge in [0.2, 0.25) is 0 Å². The van der Waals surface area contributed by atoms with Crippen LogP contribution in [0.25, 0.3) is 0 Å². The molecule has 3 fully saturated rings. The molecular formula is C6H10O3S. The molecule has 3 aliphatic carbocycles. The number of hydrogen-bond donors (Lipinski definition) is 1. The zero-order chi connectivity index (χ0) is 7.41. The molecule has 3 nitrogen and oxygen atoms in total. The molecule has 1 atom stereocenters. The predicted octanol–water partition coefficient (Wildman–Crippen LogP) is 0.530. The van der Waals surface area contributed by atoms with Gasteiger partial charge in [0.15, 0.2) is 11.1 Å². The van der Waals surface area contributed by atoms with Gasteiger partial charge in [0.1, 0.15) is 0 Å². The fourth-order valence-corrected chi connectivity index (χ4v) is 3.17. The maximum Gasteiger partial charge on any atom is 0.159 e. The maximum absolute atomic E-state index is 10.7. The van der Waals surface area contributed by atoms with Crippen LogP contribution in [0.5, 0.6) is 0 Å². The molecule has 3 aliphatic rings. The van der Waals surface area contributed by atoms with Gasteiger partial charge in [-0.05, 0) is 19.3 Å². The average Bonchev–Trinajstić information content (AvgIpc) is 1.57. The van der Waals surface area contributed by atoms with E-state index in [9.17, 15) is 4.21 Å². The Kier molecular flexibility index (Phi) is 1.10. The molecule has 0 radical (unpaired) electrons. The molecule has 3 rings (SSSR count). The first-order chi connectivity index (χ1) is 4.63. The van der Waals surface area contributed by atoms with Gasteiger partial charge in [-0.15, -0.1) is 0 Å². The second-order valence-corrected chi connectivity index (χ2v) is 4.71. The molecule has 1 unspecified atom stereocenters.